The highest BCUT2D eigenvalue weighted by Gasteiger charge is 2.21. The summed E-state index contributed by atoms with van der Waals surface area (Å²) in [5.74, 6) is 2.49. The summed E-state index contributed by atoms with van der Waals surface area (Å²) < 4.78 is 0. The maximum Gasteiger partial charge on any atom is 0.0765 e. The minimum absolute atomic E-state index is 0.394. The highest BCUT2D eigenvalue weighted by Crippen LogP contribution is 2.38. The van der Waals surface area contributed by atoms with Crippen molar-refractivity contribution in [3.8, 4) is 0 Å². The Kier molecular flexibility index (Phi) is 4.87. The number of fused-ring (bicyclic) bond motifs is 1. The van der Waals surface area contributed by atoms with E-state index in [4.69, 9.17) is 0 Å². The quantitative estimate of drug-likeness (QED) is 0.843. The number of aryl methyl sites for hydroxylation is 2. The number of nitrogens with one attached hydrogen (secondary N) is 1. The van der Waals surface area contributed by atoms with Crippen molar-refractivity contribution in [3.63, 3.8) is 0 Å². The number of thioether (sulfide) groups is 1. The lowest BCUT2D eigenvalue weighted by Crippen LogP contribution is -2.20. The molecule has 0 aliphatic carbocycles. The van der Waals surface area contributed by atoms with Crippen molar-refractivity contribution in [2.75, 3.05) is 12.3 Å². The predicted octanol–water partition coefficient (Wildman–Crippen LogP) is 4.86. The molecule has 3 heterocycles. The largest absolute Gasteiger partial charge is 0.305 e. The molecule has 1 N–H and O–H groups in total. The van der Waals surface area contributed by atoms with Crippen LogP contribution in [0.15, 0.2) is 18.2 Å². The van der Waals surface area contributed by atoms with Crippen molar-refractivity contribution in [1.82, 2.24) is 5.32 Å². The fourth-order valence-electron chi connectivity index (χ4n) is 2.60. The average Bonchev–Trinajstić information content (AvgIpc) is 3.10. The highest BCUT2D eigenvalue weighted by molar-refractivity contribution is 7.98. The highest BCUT2D eigenvalue weighted by atomic mass is 32.2. The number of hydrogen-bond donors (Lipinski definition) is 1. The van der Waals surface area contributed by atoms with Crippen LogP contribution in [0.1, 0.15) is 45.0 Å². The molecule has 20 heavy (non-hydrogen) atoms. The van der Waals surface area contributed by atoms with Gasteiger partial charge >= 0.3 is 0 Å². The summed E-state index contributed by atoms with van der Waals surface area (Å²) in [6.45, 7) is 5.45. The van der Waals surface area contributed by atoms with Gasteiger partial charge in [0.2, 0.25) is 0 Å². The third kappa shape index (κ3) is 2.98. The molecule has 0 aromatic carbocycles. The average molecular weight is 324 g/mol. The first-order valence-electron chi connectivity index (χ1n) is 7.33. The molecule has 1 aliphatic rings. The Morgan fingerprint density at radius 2 is 2.10 bits per heavy atom. The van der Waals surface area contributed by atoms with E-state index in [1.165, 1.54) is 32.6 Å². The zero-order chi connectivity index (χ0) is 13.9. The SMILES string of the molecule is CCNC(c1ccc(CC)s1)c1cc2c(s1)CCSC2. The van der Waals surface area contributed by atoms with Crippen LogP contribution in [-0.2, 0) is 18.6 Å². The molecule has 108 valence electrons. The van der Waals surface area contributed by atoms with Gasteiger partial charge in [-0.25, -0.2) is 0 Å². The van der Waals surface area contributed by atoms with E-state index < -0.39 is 0 Å². The van der Waals surface area contributed by atoms with Gasteiger partial charge in [0, 0.05) is 25.3 Å². The van der Waals surface area contributed by atoms with Gasteiger partial charge in [-0.2, -0.15) is 11.8 Å². The van der Waals surface area contributed by atoms with Gasteiger partial charge < -0.3 is 5.32 Å². The molecule has 1 atom stereocenters. The van der Waals surface area contributed by atoms with Crippen LogP contribution in [0.3, 0.4) is 0 Å². The van der Waals surface area contributed by atoms with Crippen LogP contribution in [0.25, 0.3) is 0 Å². The first-order valence-corrected chi connectivity index (χ1v) is 10.1. The molecular weight excluding hydrogens is 302 g/mol. The van der Waals surface area contributed by atoms with Crippen LogP contribution in [0.2, 0.25) is 0 Å². The first-order chi connectivity index (χ1) is 9.81. The third-order valence-electron chi connectivity index (χ3n) is 3.65. The first kappa shape index (κ1) is 14.6. The maximum atomic E-state index is 3.68. The normalized spacial score (nSPS) is 16.1. The molecule has 1 nitrogen and oxygen atoms in total. The fraction of sp³-hybridized carbons (Fsp3) is 0.500. The number of hydrogen-bond acceptors (Lipinski definition) is 4. The standard InChI is InChI=1S/C16H21NS3/c1-3-12-5-6-14(19-12)16(17-4-2)15-9-11-10-18-8-7-13(11)20-15/h5-6,9,16-17H,3-4,7-8,10H2,1-2H3. The van der Waals surface area contributed by atoms with E-state index in [0.29, 0.717) is 6.04 Å². The van der Waals surface area contributed by atoms with Gasteiger partial charge in [-0.15, -0.1) is 22.7 Å². The lowest BCUT2D eigenvalue weighted by atomic mass is 10.1. The second-order valence-corrected chi connectivity index (χ2v) is 8.52. The third-order valence-corrected chi connectivity index (χ3v) is 7.26. The molecule has 0 radical (unpaired) electrons. The molecule has 0 amide bonds. The Hall–Kier alpha value is -0.290. The van der Waals surface area contributed by atoms with Crippen LogP contribution < -0.4 is 5.32 Å². The Morgan fingerprint density at radius 1 is 1.20 bits per heavy atom. The Balaban J connectivity index is 1.91. The molecule has 3 rings (SSSR count). The van der Waals surface area contributed by atoms with E-state index in [0.717, 1.165) is 13.0 Å². The summed E-state index contributed by atoms with van der Waals surface area (Å²) in [5, 5.41) is 3.68. The minimum atomic E-state index is 0.394. The summed E-state index contributed by atoms with van der Waals surface area (Å²) in [5.41, 5.74) is 1.58. The van der Waals surface area contributed by atoms with E-state index in [1.54, 1.807) is 10.4 Å². The zero-order valence-corrected chi connectivity index (χ0v) is 14.5. The summed E-state index contributed by atoms with van der Waals surface area (Å²) in [6, 6.07) is 7.44. The summed E-state index contributed by atoms with van der Waals surface area (Å²) >= 11 is 6.05. The van der Waals surface area contributed by atoms with Crippen molar-refractivity contribution in [2.45, 2.75) is 38.5 Å². The van der Waals surface area contributed by atoms with Crippen LogP contribution >= 0.6 is 34.4 Å². The summed E-state index contributed by atoms with van der Waals surface area (Å²) in [6.07, 6.45) is 2.40. The molecule has 4 heteroatoms. The number of thiophene rings is 2. The topological polar surface area (TPSA) is 12.0 Å². The van der Waals surface area contributed by atoms with E-state index >= 15 is 0 Å². The van der Waals surface area contributed by atoms with Gasteiger partial charge in [-0.05, 0) is 48.9 Å². The fourth-order valence-corrected chi connectivity index (χ4v) is 6.19. The maximum absolute atomic E-state index is 3.68. The van der Waals surface area contributed by atoms with Gasteiger partial charge in [0.05, 0.1) is 6.04 Å². The molecule has 0 saturated carbocycles. The van der Waals surface area contributed by atoms with E-state index in [2.05, 4.69) is 49.1 Å². The number of rotatable bonds is 5. The van der Waals surface area contributed by atoms with E-state index in [9.17, 15) is 0 Å². The molecule has 0 saturated heterocycles. The Bertz CT molecular complexity index is 547. The van der Waals surface area contributed by atoms with Crippen molar-refractivity contribution in [1.29, 1.82) is 0 Å². The second kappa shape index (κ2) is 6.65. The van der Waals surface area contributed by atoms with Gasteiger partial charge in [-0.1, -0.05) is 13.8 Å². The van der Waals surface area contributed by atoms with Crippen molar-refractivity contribution >= 4 is 34.4 Å². The van der Waals surface area contributed by atoms with Crippen molar-refractivity contribution in [2.24, 2.45) is 0 Å². The second-order valence-electron chi connectivity index (χ2n) is 5.05. The van der Waals surface area contributed by atoms with Crippen LogP contribution in [0, 0.1) is 0 Å². The Morgan fingerprint density at radius 3 is 2.80 bits per heavy atom. The van der Waals surface area contributed by atoms with Crippen LogP contribution in [0.4, 0.5) is 0 Å². The Labute approximate surface area is 133 Å². The van der Waals surface area contributed by atoms with Gasteiger partial charge in [0.15, 0.2) is 0 Å². The van der Waals surface area contributed by atoms with Gasteiger partial charge in [-0.3, -0.25) is 0 Å². The monoisotopic (exact) mass is 323 g/mol. The molecule has 1 aliphatic heterocycles. The van der Waals surface area contributed by atoms with Crippen molar-refractivity contribution in [3.05, 3.63) is 43.3 Å². The molecule has 0 bridgehead atoms. The van der Waals surface area contributed by atoms with Gasteiger partial charge in [0.1, 0.15) is 0 Å². The molecule has 0 fully saturated rings. The summed E-state index contributed by atoms with van der Waals surface area (Å²) in [7, 11) is 0. The molecular formula is C16H21NS3. The molecule has 0 spiro atoms. The molecule has 1 unspecified atom stereocenters. The van der Waals surface area contributed by atoms with E-state index in [-0.39, 0.29) is 0 Å². The van der Waals surface area contributed by atoms with Gasteiger partial charge in [0.25, 0.3) is 0 Å². The lowest BCUT2D eigenvalue weighted by Gasteiger charge is -2.14. The smallest absolute Gasteiger partial charge is 0.0765 e. The summed E-state index contributed by atoms with van der Waals surface area (Å²) in [4.78, 5) is 6.08. The van der Waals surface area contributed by atoms with Crippen molar-refractivity contribution < 1.29 is 0 Å². The molecule has 2 aromatic rings. The van der Waals surface area contributed by atoms with Crippen LogP contribution in [0.5, 0.6) is 0 Å². The minimum Gasteiger partial charge on any atom is -0.305 e. The van der Waals surface area contributed by atoms with E-state index in [1.807, 2.05) is 22.7 Å². The molecule has 2 aromatic heterocycles. The lowest BCUT2D eigenvalue weighted by molar-refractivity contribution is 0.648. The van der Waals surface area contributed by atoms with Crippen LogP contribution in [-0.4, -0.2) is 12.3 Å². The predicted molar refractivity (Wildman–Crippen MR) is 93.4 cm³/mol. The zero-order valence-electron chi connectivity index (χ0n) is 12.1.